The quantitative estimate of drug-likeness (QED) is 0.507. The van der Waals surface area contributed by atoms with Crippen molar-refractivity contribution in [2.24, 2.45) is 5.73 Å². The van der Waals surface area contributed by atoms with Crippen LogP contribution in [0.2, 0.25) is 0 Å². The molecular weight excluding hydrogens is 440 g/mol. The third-order valence-electron chi connectivity index (χ3n) is 6.32. The zero-order chi connectivity index (χ0) is 25.0. The number of benzene rings is 1. The molecule has 0 spiro atoms. The van der Waals surface area contributed by atoms with Gasteiger partial charge in [0.1, 0.15) is 5.82 Å². The summed E-state index contributed by atoms with van der Waals surface area (Å²) >= 11 is 0. The average Bonchev–Trinajstić information content (AvgIpc) is 2.85. The fraction of sp³-hybridized carbons (Fsp3) is 0.286. The lowest BCUT2D eigenvalue weighted by Crippen LogP contribution is -2.46. The number of rotatable bonds is 8. The molecule has 0 saturated heterocycles. The molecule has 1 aromatic heterocycles. The van der Waals surface area contributed by atoms with Gasteiger partial charge in [0.2, 0.25) is 5.88 Å². The average molecular weight is 473 g/mol. The predicted octanol–water partition coefficient (Wildman–Crippen LogP) is 3.73. The zero-order valence-electron chi connectivity index (χ0n) is 20.6. The van der Waals surface area contributed by atoms with E-state index >= 15 is 0 Å². The van der Waals surface area contributed by atoms with Crippen LogP contribution in [-0.2, 0) is 4.74 Å². The standard InChI is InChI=1S/C28H32N4O3/c1-18-14-22(17-31-27(18)35-4)21-10-11-28(2)23(15-21)16-24(25(29)32-28)19-6-8-20(9-7-19)26(33)30-12-5-13-34-3/h6-11,14-17,32H,5,12-13,29H2,1-4H3,(H,30,33). The Labute approximate surface area is 206 Å². The maximum atomic E-state index is 12.4. The lowest BCUT2D eigenvalue weighted by atomic mass is 9.80. The van der Waals surface area contributed by atoms with Crippen molar-refractivity contribution < 1.29 is 14.3 Å². The number of nitrogens with one attached hydrogen (secondary N) is 2. The molecule has 7 heteroatoms. The first-order valence-electron chi connectivity index (χ1n) is 11.6. The van der Waals surface area contributed by atoms with Gasteiger partial charge in [-0.05, 0) is 67.3 Å². The third kappa shape index (κ3) is 5.15. The van der Waals surface area contributed by atoms with E-state index in [4.69, 9.17) is 15.2 Å². The molecule has 2 aliphatic rings. The lowest BCUT2D eigenvalue weighted by molar-refractivity contribution is 0.0948. The molecule has 7 nitrogen and oxygen atoms in total. The van der Waals surface area contributed by atoms with Gasteiger partial charge in [0, 0.05) is 48.7 Å². The number of methoxy groups -OCH3 is 2. The van der Waals surface area contributed by atoms with Crippen molar-refractivity contribution in [1.82, 2.24) is 15.6 Å². The summed E-state index contributed by atoms with van der Waals surface area (Å²) in [5.41, 5.74) is 12.6. The highest BCUT2D eigenvalue weighted by Gasteiger charge is 2.32. The second-order valence-electron chi connectivity index (χ2n) is 8.92. The molecular formula is C28H32N4O3. The van der Waals surface area contributed by atoms with Gasteiger partial charge in [-0.15, -0.1) is 0 Å². The molecule has 35 heavy (non-hydrogen) atoms. The van der Waals surface area contributed by atoms with Crippen LogP contribution < -0.4 is 21.1 Å². The highest BCUT2D eigenvalue weighted by Crippen LogP contribution is 2.37. The summed E-state index contributed by atoms with van der Waals surface area (Å²) in [6.07, 6.45) is 11.1. The van der Waals surface area contributed by atoms with Gasteiger partial charge in [0.25, 0.3) is 5.91 Å². The van der Waals surface area contributed by atoms with Crippen LogP contribution in [0.3, 0.4) is 0 Å². The Hall–Kier alpha value is -3.84. The molecule has 182 valence electrons. The van der Waals surface area contributed by atoms with Crippen molar-refractivity contribution in [2.75, 3.05) is 27.4 Å². The molecule has 4 N–H and O–H groups in total. The Bertz CT molecular complexity index is 1240. The highest BCUT2D eigenvalue weighted by atomic mass is 16.5. The van der Waals surface area contributed by atoms with Crippen molar-refractivity contribution >= 4 is 17.1 Å². The number of hydrogen-bond acceptors (Lipinski definition) is 6. The van der Waals surface area contributed by atoms with Crippen molar-refractivity contribution in [2.45, 2.75) is 25.8 Å². The van der Waals surface area contributed by atoms with E-state index in [-0.39, 0.29) is 5.91 Å². The Morgan fingerprint density at radius 2 is 1.94 bits per heavy atom. The number of nitrogens with two attached hydrogens (primary N) is 1. The number of hydrogen-bond donors (Lipinski definition) is 3. The van der Waals surface area contributed by atoms with Crippen LogP contribution in [0.4, 0.5) is 0 Å². The van der Waals surface area contributed by atoms with Gasteiger partial charge in [-0.25, -0.2) is 4.98 Å². The van der Waals surface area contributed by atoms with Gasteiger partial charge >= 0.3 is 0 Å². The van der Waals surface area contributed by atoms with Gasteiger partial charge < -0.3 is 25.8 Å². The summed E-state index contributed by atoms with van der Waals surface area (Å²) in [4.78, 5) is 16.8. The van der Waals surface area contributed by atoms with E-state index in [1.54, 1.807) is 14.2 Å². The number of fused-ring (bicyclic) bond motifs is 1. The Balaban J connectivity index is 1.58. The third-order valence-corrected chi connectivity index (χ3v) is 6.32. The summed E-state index contributed by atoms with van der Waals surface area (Å²) in [5, 5.41) is 6.36. The molecule has 1 aliphatic carbocycles. The molecule has 0 fully saturated rings. The number of amides is 1. The van der Waals surface area contributed by atoms with Crippen LogP contribution in [0, 0.1) is 6.92 Å². The van der Waals surface area contributed by atoms with Gasteiger partial charge in [0.15, 0.2) is 0 Å². The summed E-state index contributed by atoms with van der Waals surface area (Å²) in [7, 11) is 3.27. The summed E-state index contributed by atoms with van der Waals surface area (Å²) in [6, 6.07) is 9.57. The normalized spacial score (nSPS) is 18.9. The molecule has 2 aromatic rings. The number of allylic oxidation sites excluding steroid dienone is 4. The number of aryl methyl sites for hydroxylation is 1. The number of dihydropyridines is 1. The van der Waals surface area contributed by atoms with Crippen molar-refractivity contribution in [3.8, 4) is 5.88 Å². The van der Waals surface area contributed by atoms with Crippen LogP contribution in [0.25, 0.3) is 11.1 Å². The molecule has 1 aromatic carbocycles. The molecule has 0 saturated carbocycles. The maximum absolute atomic E-state index is 12.4. The Morgan fingerprint density at radius 1 is 1.17 bits per heavy atom. The molecule has 4 rings (SSSR count). The molecule has 2 heterocycles. The predicted molar refractivity (Wildman–Crippen MR) is 139 cm³/mol. The largest absolute Gasteiger partial charge is 0.481 e. The second kappa shape index (κ2) is 10.2. The topological polar surface area (TPSA) is 98.5 Å². The highest BCUT2D eigenvalue weighted by molar-refractivity contribution is 5.95. The number of nitrogens with zero attached hydrogens (tertiary/aromatic N) is 1. The fourth-order valence-electron chi connectivity index (χ4n) is 4.28. The molecule has 0 bridgehead atoms. The van der Waals surface area contributed by atoms with Crippen LogP contribution in [0.15, 0.2) is 72.2 Å². The minimum Gasteiger partial charge on any atom is -0.481 e. The van der Waals surface area contributed by atoms with Crippen LogP contribution in [-0.4, -0.2) is 43.8 Å². The van der Waals surface area contributed by atoms with E-state index in [0.717, 1.165) is 39.8 Å². The Morgan fingerprint density at radius 3 is 2.63 bits per heavy atom. The van der Waals surface area contributed by atoms with E-state index in [9.17, 15) is 4.79 Å². The zero-order valence-corrected chi connectivity index (χ0v) is 20.6. The fourth-order valence-corrected chi connectivity index (χ4v) is 4.28. The summed E-state index contributed by atoms with van der Waals surface area (Å²) in [6.45, 7) is 5.28. The second-order valence-corrected chi connectivity index (χ2v) is 8.92. The monoisotopic (exact) mass is 472 g/mol. The first-order valence-corrected chi connectivity index (χ1v) is 11.6. The first kappa shape index (κ1) is 24.3. The van der Waals surface area contributed by atoms with Crippen molar-refractivity contribution in [3.05, 3.63) is 94.5 Å². The van der Waals surface area contributed by atoms with E-state index in [2.05, 4.69) is 52.9 Å². The van der Waals surface area contributed by atoms with Gasteiger partial charge in [-0.1, -0.05) is 24.3 Å². The van der Waals surface area contributed by atoms with Gasteiger partial charge in [0.05, 0.1) is 12.6 Å². The van der Waals surface area contributed by atoms with Crippen LogP contribution in [0.1, 0.15) is 40.4 Å². The summed E-state index contributed by atoms with van der Waals surface area (Å²) in [5.74, 6) is 1.12. The minimum atomic E-state index is -0.409. The number of carbonyl (C=O) groups excluding carboxylic acids is 1. The van der Waals surface area contributed by atoms with Crippen molar-refractivity contribution in [3.63, 3.8) is 0 Å². The van der Waals surface area contributed by atoms with Gasteiger partial charge in [-0.2, -0.15) is 0 Å². The molecule has 1 aliphatic heterocycles. The molecule has 1 amide bonds. The first-order chi connectivity index (χ1) is 16.8. The maximum Gasteiger partial charge on any atom is 0.251 e. The number of carbonyl (C=O) groups is 1. The SMILES string of the molecule is COCCCNC(=O)c1ccc(C2=C(N)NC3(C)C=CC(c4cnc(OC)c(C)c4)=CC3=C2)cc1. The van der Waals surface area contributed by atoms with Crippen LogP contribution >= 0.6 is 0 Å². The minimum absolute atomic E-state index is 0.101. The molecule has 0 radical (unpaired) electrons. The Kier molecular flexibility index (Phi) is 7.07. The van der Waals surface area contributed by atoms with Crippen LogP contribution in [0.5, 0.6) is 5.88 Å². The molecule has 1 atom stereocenters. The van der Waals surface area contributed by atoms with E-state index < -0.39 is 5.54 Å². The van der Waals surface area contributed by atoms with Gasteiger partial charge in [-0.3, -0.25) is 4.79 Å². The smallest absolute Gasteiger partial charge is 0.251 e. The van der Waals surface area contributed by atoms with E-state index in [1.165, 1.54) is 0 Å². The van der Waals surface area contributed by atoms with Crippen molar-refractivity contribution in [1.29, 1.82) is 0 Å². The number of aromatic nitrogens is 1. The molecule has 1 unspecified atom stereocenters. The number of pyridine rings is 1. The van der Waals surface area contributed by atoms with E-state index in [1.807, 2.05) is 37.4 Å². The van der Waals surface area contributed by atoms with E-state index in [0.29, 0.717) is 30.4 Å². The number of ether oxygens (including phenoxy) is 2. The lowest BCUT2D eigenvalue weighted by Gasteiger charge is -2.37. The summed E-state index contributed by atoms with van der Waals surface area (Å²) < 4.78 is 10.3.